The monoisotopic (exact) mass is 518 g/mol. The van der Waals surface area contributed by atoms with Crippen LogP contribution in [-0.2, 0) is 14.5 Å². The van der Waals surface area contributed by atoms with Crippen molar-refractivity contribution in [2.75, 3.05) is 43.2 Å². The number of hydrogen-bond donors (Lipinski definition) is 2. The molecule has 1 saturated heterocycles. The van der Waals surface area contributed by atoms with Crippen molar-refractivity contribution in [1.29, 1.82) is 5.26 Å². The van der Waals surface area contributed by atoms with Crippen LogP contribution in [0.2, 0.25) is 0 Å². The molecule has 192 valence electrons. The second-order valence-electron chi connectivity index (χ2n) is 8.60. The van der Waals surface area contributed by atoms with Crippen molar-refractivity contribution in [3.8, 4) is 6.07 Å². The second kappa shape index (κ2) is 11.1. The maximum atomic E-state index is 13.9. The summed E-state index contributed by atoms with van der Waals surface area (Å²) in [5.41, 5.74) is 0.963. The Morgan fingerprint density at radius 1 is 1.31 bits per heavy atom. The Bertz CT molecular complexity index is 1330. The van der Waals surface area contributed by atoms with Gasteiger partial charge in [0.15, 0.2) is 0 Å². The maximum Gasteiger partial charge on any atom is 0.267 e. The predicted octanol–water partition coefficient (Wildman–Crippen LogP) is 3.34. The molecule has 12 heteroatoms. The van der Waals surface area contributed by atoms with E-state index in [-0.39, 0.29) is 54.2 Å². The smallest absolute Gasteiger partial charge is 0.267 e. The van der Waals surface area contributed by atoms with Crippen molar-refractivity contribution >= 4 is 33.0 Å². The first-order valence-corrected chi connectivity index (χ1v) is 13.2. The average Bonchev–Trinajstić information content (AvgIpc) is 2.99. The molecule has 2 heterocycles. The van der Waals surface area contributed by atoms with Crippen molar-refractivity contribution in [2.24, 2.45) is 4.36 Å². The van der Waals surface area contributed by atoms with Gasteiger partial charge >= 0.3 is 0 Å². The van der Waals surface area contributed by atoms with Gasteiger partial charge in [0.1, 0.15) is 11.9 Å². The van der Waals surface area contributed by atoms with E-state index >= 15 is 0 Å². The van der Waals surface area contributed by atoms with E-state index in [9.17, 15) is 27.8 Å². The SMILES string of the molecule is CNCC(=O)N=[S@](C)(=O)c1cccc(NC(=O)c2c(N3CCCC(F)(F)CC3)ncc(C#N)c2C)c1. The fourth-order valence-corrected chi connectivity index (χ4v) is 5.16. The number of hydrogen-bond acceptors (Lipinski definition) is 7. The summed E-state index contributed by atoms with van der Waals surface area (Å²) < 4.78 is 44.7. The number of nitrogens with one attached hydrogen (secondary N) is 2. The Balaban J connectivity index is 1.96. The van der Waals surface area contributed by atoms with E-state index in [0.717, 1.165) is 0 Å². The molecule has 0 aliphatic carbocycles. The summed E-state index contributed by atoms with van der Waals surface area (Å²) in [6, 6.07) is 8.15. The summed E-state index contributed by atoms with van der Waals surface area (Å²) in [4.78, 5) is 31.5. The lowest BCUT2D eigenvalue weighted by Gasteiger charge is -2.25. The molecule has 0 radical (unpaired) electrons. The highest BCUT2D eigenvalue weighted by molar-refractivity contribution is 7.93. The molecule has 0 spiro atoms. The molecule has 1 atom stereocenters. The molecule has 1 aliphatic rings. The van der Waals surface area contributed by atoms with Gasteiger partial charge in [-0.3, -0.25) is 9.59 Å². The zero-order chi connectivity index (χ0) is 26.5. The molecule has 3 rings (SSSR count). The number of anilines is 2. The van der Waals surface area contributed by atoms with Gasteiger partial charge in [0.05, 0.1) is 27.4 Å². The van der Waals surface area contributed by atoms with Crippen molar-refractivity contribution in [1.82, 2.24) is 10.3 Å². The number of alkyl halides is 2. The van der Waals surface area contributed by atoms with E-state index in [4.69, 9.17) is 0 Å². The number of aromatic nitrogens is 1. The Kier molecular flexibility index (Phi) is 8.37. The van der Waals surface area contributed by atoms with E-state index in [2.05, 4.69) is 20.0 Å². The second-order valence-corrected chi connectivity index (χ2v) is 10.9. The van der Waals surface area contributed by atoms with Gasteiger partial charge in [0.25, 0.3) is 11.8 Å². The minimum absolute atomic E-state index is 0.0150. The van der Waals surface area contributed by atoms with Gasteiger partial charge in [-0.05, 0) is 44.2 Å². The Labute approximate surface area is 209 Å². The third-order valence-corrected chi connectivity index (χ3v) is 7.50. The molecule has 0 unspecified atom stereocenters. The third-order valence-electron chi connectivity index (χ3n) is 5.82. The number of amides is 2. The summed E-state index contributed by atoms with van der Waals surface area (Å²) in [5, 5.41) is 14.8. The number of rotatable bonds is 6. The van der Waals surface area contributed by atoms with Crippen LogP contribution in [0.25, 0.3) is 0 Å². The average molecular weight is 519 g/mol. The van der Waals surface area contributed by atoms with Gasteiger partial charge in [-0.2, -0.15) is 9.62 Å². The first kappa shape index (κ1) is 27.2. The van der Waals surface area contributed by atoms with Gasteiger partial charge in [-0.25, -0.2) is 18.0 Å². The first-order chi connectivity index (χ1) is 17.0. The van der Waals surface area contributed by atoms with Crippen molar-refractivity contribution in [2.45, 2.75) is 37.0 Å². The Morgan fingerprint density at radius 2 is 2.06 bits per heavy atom. The van der Waals surface area contributed by atoms with Crippen LogP contribution in [0.3, 0.4) is 0 Å². The minimum Gasteiger partial charge on any atom is -0.356 e. The first-order valence-electron chi connectivity index (χ1n) is 11.3. The van der Waals surface area contributed by atoms with Crippen molar-refractivity contribution in [3.05, 3.63) is 47.2 Å². The number of likely N-dealkylation sites (N-methyl/N-ethyl adjacent to an activating group) is 1. The molecule has 0 bridgehead atoms. The molecule has 1 aromatic carbocycles. The van der Waals surface area contributed by atoms with Crippen LogP contribution in [0.4, 0.5) is 20.3 Å². The van der Waals surface area contributed by atoms with E-state index in [1.54, 1.807) is 37.1 Å². The Hall–Kier alpha value is -3.43. The molecule has 1 aromatic heterocycles. The number of nitrogens with zero attached hydrogens (tertiary/aromatic N) is 4. The quantitative estimate of drug-likeness (QED) is 0.600. The van der Waals surface area contributed by atoms with E-state index < -0.39 is 27.5 Å². The largest absolute Gasteiger partial charge is 0.356 e. The van der Waals surface area contributed by atoms with Crippen LogP contribution in [-0.4, -0.2) is 59.9 Å². The van der Waals surface area contributed by atoms with Crippen LogP contribution in [0.1, 0.15) is 40.7 Å². The molecule has 36 heavy (non-hydrogen) atoms. The lowest BCUT2D eigenvalue weighted by Crippen LogP contribution is -2.30. The van der Waals surface area contributed by atoms with E-state index in [1.165, 1.54) is 18.5 Å². The fourth-order valence-electron chi connectivity index (χ4n) is 3.92. The lowest BCUT2D eigenvalue weighted by atomic mass is 10.0. The van der Waals surface area contributed by atoms with Crippen molar-refractivity contribution < 1.29 is 22.6 Å². The van der Waals surface area contributed by atoms with Crippen LogP contribution in [0, 0.1) is 18.3 Å². The number of carbonyl (C=O) groups is 2. The summed E-state index contributed by atoms with van der Waals surface area (Å²) in [7, 11) is -1.49. The topological polar surface area (TPSA) is 128 Å². The summed E-state index contributed by atoms with van der Waals surface area (Å²) in [6.07, 6.45) is 2.29. The number of halogens is 2. The summed E-state index contributed by atoms with van der Waals surface area (Å²) in [5.74, 6) is -3.72. The summed E-state index contributed by atoms with van der Waals surface area (Å²) in [6.45, 7) is 1.85. The molecule has 1 aliphatic heterocycles. The van der Waals surface area contributed by atoms with Crippen LogP contribution < -0.4 is 15.5 Å². The Morgan fingerprint density at radius 3 is 2.75 bits per heavy atom. The molecule has 1 fully saturated rings. The van der Waals surface area contributed by atoms with Crippen LogP contribution in [0.5, 0.6) is 0 Å². The fraction of sp³-hybridized carbons (Fsp3) is 0.417. The molecular weight excluding hydrogens is 490 g/mol. The third kappa shape index (κ3) is 6.41. The van der Waals surface area contributed by atoms with Gasteiger partial charge in [0, 0.05) is 49.0 Å². The molecule has 2 amide bonds. The number of benzene rings is 1. The minimum atomic E-state index is -3.06. The molecular formula is C24H28F2N6O3S. The van der Waals surface area contributed by atoms with Gasteiger partial charge in [0.2, 0.25) is 5.92 Å². The zero-order valence-corrected chi connectivity index (χ0v) is 21.1. The zero-order valence-electron chi connectivity index (χ0n) is 20.3. The van der Waals surface area contributed by atoms with Crippen molar-refractivity contribution in [3.63, 3.8) is 0 Å². The predicted molar refractivity (Wildman–Crippen MR) is 133 cm³/mol. The highest BCUT2D eigenvalue weighted by Gasteiger charge is 2.33. The molecule has 2 N–H and O–H groups in total. The van der Waals surface area contributed by atoms with Crippen LogP contribution in [0.15, 0.2) is 39.7 Å². The maximum absolute atomic E-state index is 13.9. The number of pyridine rings is 1. The molecule has 2 aromatic rings. The van der Waals surface area contributed by atoms with Gasteiger partial charge < -0.3 is 15.5 Å². The molecule has 0 saturated carbocycles. The highest BCUT2D eigenvalue weighted by atomic mass is 32.2. The number of nitriles is 1. The van der Waals surface area contributed by atoms with Crippen LogP contribution >= 0.6 is 0 Å². The van der Waals surface area contributed by atoms with Gasteiger partial charge in [-0.15, -0.1) is 0 Å². The number of carbonyl (C=O) groups excluding carboxylic acids is 2. The summed E-state index contributed by atoms with van der Waals surface area (Å²) >= 11 is 0. The van der Waals surface area contributed by atoms with Gasteiger partial charge in [-0.1, -0.05) is 6.07 Å². The lowest BCUT2D eigenvalue weighted by molar-refractivity contribution is -0.116. The normalized spacial score (nSPS) is 16.8. The molecule has 9 nitrogen and oxygen atoms in total. The standard InChI is InChI=1S/C24H28F2N6O3S/c1-16-17(13-27)14-29-22(32-10-5-8-24(25,26)9-11-32)21(16)23(34)30-18-6-4-7-19(12-18)36(3,35)31-20(33)15-28-2/h4,6-7,12,14,28H,5,8-11,15H2,1-3H3,(H,30,34)/t36-/m1/s1. The van der Waals surface area contributed by atoms with E-state index in [1.807, 2.05) is 6.07 Å². The van der Waals surface area contributed by atoms with E-state index in [0.29, 0.717) is 17.8 Å². The highest BCUT2D eigenvalue weighted by Crippen LogP contribution is 2.32.